The average molecular weight is 671 g/mol. The van der Waals surface area contributed by atoms with Crippen LogP contribution in [0, 0.1) is 0 Å². The number of aliphatic hydroxyl groups excluding tert-OH is 1. The van der Waals surface area contributed by atoms with Gasteiger partial charge in [0.1, 0.15) is 12.7 Å². The lowest BCUT2D eigenvalue weighted by Gasteiger charge is -2.23. The molecule has 0 saturated carbocycles. The molecule has 2 aliphatic rings. The molecule has 2 fully saturated rings. The van der Waals surface area contributed by atoms with Crippen molar-refractivity contribution in [3.05, 3.63) is 71.8 Å². The second-order valence-electron chi connectivity index (χ2n) is 11.2. The van der Waals surface area contributed by atoms with Crippen LogP contribution >= 0.6 is 0 Å². The molecule has 12 nitrogen and oxygen atoms in total. The van der Waals surface area contributed by atoms with Gasteiger partial charge < -0.3 is 39.8 Å². The first-order valence-electron chi connectivity index (χ1n) is 14.9. The number of aliphatic hydroxyl groups is 1. The van der Waals surface area contributed by atoms with Crippen molar-refractivity contribution < 1.29 is 61.5 Å². The number of carboxylic acids is 1. The number of hydrogen-bond acceptors (Lipinski definition) is 10. The highest BCUT2D eigenvalue weighted by molar-refractivity contribution is 5.73. The Bertz CT molecular complexity index is 1230. The molecule has 47 heavy (non-hydrogen) atoms. The third kappa shape index (κ3) is 15.5. The molecule has 2 saturated heterocycles. The number of aliphatic carboxylic acids is 1. The molecule has 0 unspecified atom stereocenters. The minimum Gasteiger partial charge on any atom is -0.475 e. The first-order chi connectivity index (χ1) is 22.2. The molecular weight excluding hydrogens is 629 g/mol. The number of rotatable bonds is 13. The molecule has 0 aromatic heterocycles. The molecule has 0 radical (unpaired) electrons. The standard InChI is InChI=1S/C29H40N2O6.C2HF3O2.CO2/c1-29(2)36-26-18-25(35-27(26)37-29)24(32)19-30-16-10-9-15-23(17-21-11-5-3-6-12-21)31-28(33)34-20-22-13-7-4-8-14-22;3-2(4,5)1(6)7;2-1-3/h3-8,11-14,23-27,30,32H,9-10,15-20H2,1-2H3,(H,31,33);(H,6,7);/t23-,24+,25-,26+,27+;;/m0../s1. The molecule has 0 bridgehead atoms. The zero-order valence-electron chi connectivity index (χ0n) is 26.1. The van der Waals surface area contributed by atoms with Gasteiger partial charge >= 0.3 is 24.4 Å². The highest BCUT2D eigenvalue weighted by atomic mass is 19.4. The number of benzene rings is 2. The molecule has 0 aliphatic carbocycles. The highest BCUT2D eigenvalue weighted by Crippen LogP contribution is 2.37. The summed E-state index contributed by atoms with van der Waals surface area (Å²) in [7, 11) is 0. The van der Waals surface area contributed by atoms with E-state index in [2.05, 4.69) is 22.8 Å². The van der Waals surface area contributed by atoms with Crippen LogP contribution in [0.25, 0.3) is 0 Å². The summed E-state index contributed by atoms with van der Waals surface area (Å²) in [5.74, 6) is -3.39. The Morgan fingerprint density at radius 3 is 2.15 bits per heavy atom. The van der Waals surface area contributed by atoms with Crippen molar-refractivity contribution in [1.29, 1.82) is 0 Å². The van der Waals surface area contributed by atoms with Crippen molar-refractivity contribution in [2.75, 3.05) is 13.1 Å². The van der Waals surface area contributed by atoms with Crippen molar-refractivity contribution in [3.63, 3.8) is 0 Å². The van der Waals surface area contributed by atoms with Gasteiger partial charge in [0, 0.05) is 19.0 Å². The number of ether oxygens (including phenoxy) is 4. The van der Waals surface area contributed by atoms with Crippen LogP contribution in [-0.2, 0) is 46.4 Å². The molecule has 2 aromatic carbocycles. The highest BCUT2D eigenvalue weighted by Gasteiger charge is 2.49. The minimum atomic E-state index is -5.08. The molecule has 4 rings (SSSR count). The number of carboxylic acid groups (broad SMARTS) is 1. The van der Waals surface area contributed by atoms with E-state index in [-0.39, 0.29) is 31.0 Å². The summed E-state index contributed by atoms with van der Waals surface area (Å²) in [5.41, 5.74) is 2.13. The van der Waals surface area contributed by atoms with Crippen molar-refractivity contribution in [2.24, 2.45) is 0 Å². The summed E-state index contributed by atoms with van der Waals surface area (Å²) in [6.07, 6.45) is -2.60. The Labute approximate surface area is 270 Å². The van der Waals surface area contributed by atoms with Gasteiger partial charge in [0.05, 0.1) is 12.2 Å². The lowest BCUT2D eigenvalue weighted by Crippen LogP contribution is -2.38. The number of halogens is 3. The number of alkyl halides is 3. The Morgan fingerprint density at radius 2 is 1.60 bits per heavy atom. The van der Waals surface area contributed by atoms with E-state index in [0.717, 1.165) is 37.8 Å². The summed E-state index contributed by atoms with van der Waals surface area (Å²) in [6, 6.07) is 19.8. The van der Waals surface area contributed by atoms with Gasteiger partial charge in [-0.1, -0.05) is 67.1 Å². The second kappa shape index (κ2) is 19.7. The van der Waals surface area contributed by atoms with Crippen LogP contribution in [0.2, 0.25) is 0 Å². The number of unbranched alkanes of at least 4 members (excludes halogenated alkanes) is 1. The molecule has 260 valence electrons. The smallest absolute Gasteiger partial charge is 0.475 e. The number of amides is 1. The second-order valence-corrected chi connectivity index (χ2v) is 11.2. The SMILES string of the molecule is CC1(C)O[C@H]2O[C@H]([C@H](O)CNCCCC[C@@H](Cc3ccccc3)NC(=O)OCc3ccccc3)C[C@H]2O1.O=C(O)C(F)(F)F.O=C=O. The Balaban J connectivity index is 0.000000671. The molecule has 2 aliphatic heterocycles. The molecule has 5 atom stereocenters. The lowest BCUT2D eigenvalue weighted by molar-refractivity contribution is -0.213. The van der Waals surface area contributed by atoms with E-state index in [1.54, 1.807) is 0 Å². The van der Waals surface area contributed by atoms with E-state index in [4.69, 9.17) is 38.4 Å². The van der Waals surface area contributed by atoms with Crippen LogP contribution in [-0.4, -0.2) is 84.1 Å². The summed E-state index contributed by atoms with van der Waals surface area (Å²) in [6.45, 7) is 5.21. The molecule has 2 heterocycles. The lowest BCUT2D eigenvalue weighted by atomic mass is 10.0. The fourth-order valence-electron chi connectivity index (χ4n) is 4.86. The number of alkyl carbamates (subject to hydrolysis) is 1. The third-order valence-corrected chi connectivity index (χ3v) is 6.95. The van der Waals surface area contributed by atoms with Gasteiger partial charge in [-0.2, -0.15) is 22.8 Å². The molecule has 0 spiro atoms. The fraction of sp³-hybridized carbons (Fsp3) is 0.531. The summed E-state index contributed by atoms with van der Waals surface area (Å²) in [4.78, 5) is 37.6. The number of nitrogens with one attached hydrogen (secondary N) is 2. The number of hydrogen-bond donors (Lipinski definition) is 4. The number of fused-ring (bicyclic) bond motifs is 1. The number of carbonyl (C=O) groups is 2. The molecule has 1 amide bonds. The molecule has 15 heteroatoms. The quantitative estimate of drug-likeness (QED) is 0.228. The summed E-state index contributed by atoms with van der Waals surface area (Å²) < 4.78 is 54.6. The Kier molecular flexibility index (Phi) is 16.5. The fourth-order valence-corrected chi connectivity index (χ4v) is 4.86. The van der Waals surface area contributed by atoms with E-state index >= 15 is 0 Å². The predicted molar refractivity (Wildman–Crippen MR) is 158 cm³/mol. The summed E-state index contributed by atoms with van der Waals surface area (Å²) >= 11 is 0. The largest absolute Gasteiger partial charge is 0.490 e. The molecule has 2 aromatic rings. The summed E-state index contributed by atoms with van der Waals surface area (Å²) in [5, 5.41) is 24.0. The van der Waals surface area contributed by atoms with E-state index in [1.807, 2.05) is 62.4 Å². The first-order valence-corrected chi connectivity index (χ1v) is 14.9. The van der Waals surface area contributed by atoms with Crippen molar-refractivity contribution in [3.8, 4) is 0 Å². The van der Waals surface area contributed by atoms with Gasteiger partial charge in [-0.25, -0.2) is 9.59 Å². The van der Waals surface area contributed by atoms with Gasteiger partial charge in [0.25, 0.3) is 0 Å². The molecular formula is C32H41F3N2O10. The Morgan fingerprint density at radius 1 is 1.02 bits per heavy atom. The van der Waals surface area contributed by atoms with Crippen molar-refractivity contribution in [2.45, 2.75) is 95.2 Å². The van der Waals surface area contributed by atoms with E-state index in [1.165, 1.54) is 5.56 Å². The van der Waals surface area contributed by atoms with Gasteiger partial charge in [0.2, 0.25) is 0 Å². The topological polar surface area (TPSA) is 170 Å². The van der Waals surface area contributed by atoms with Gasteiger partial charge in [-0.3, -0.25) is 0 Å². The predicted octanol–water partition coefficient (Wildman–Crippen LogP) is 3.96. The van der Waals surface area contributed by atoms with Crippen LogP contribution in [0.3, 0.4) is 0 Å². The maximum Gasteiger partial charge on any atom is 0.490 e. The van der Waals surface area contributed by atoms with E-state index in [9.17, 15) is 23.1 Å². The van der Waals surface area contributed by atoms with Crippen LogP contribution in [0.1, 0.15) is 50.7 Å². The number of carbonyl (C=O) groups excluding carboxylic acids is 3. The van der Waals surface area contributed by atoms with Gasteiger partial charge in [-0.15, -0.1) is 0 Å². The van der Waals surface area contributed by atoms with Gasteiger partial charge in [0.15, 0.2) is 12.1 Å². The van der Waals surface area contributed by atoms with E-state index < -0.39 is 36.4 Å². The zero-order chi connectivity index (χ0) is 34.9. The Hall–Kier alpha value is -3.85. The monoisotopic (exact) mass is 670 g/mol. The maximum absolute atomic E-state index is 12.5. The first kappa shape index (κ1) is 39.3. The molecule has 4 N–H and O–H groups in total. The van der Waals surface area contributed by atoms with Crippen LogP contribution in [0.4, 0.5) is 18.0 Å². The van der Waals surface area contributed by atoms with Crippen LogP contribution in [0.15, 0.2) is 60.7 Å². The van der Waals surface area contributed by atoms with Crippen LogP contribution < -0.4 is 10.6 Å². The zero-order valence-corrected chi connectivity index (χ0v) is 26.1. The van der Waals surface area contributed by atoms with Crippen molar-refractivity contribution >= 4 is 18.2 Å². The maximum atomic E-state index is 12.5. The van der Waals surface area contributed by atoms with E-state index in [0.29, 0.717) is 13.0 Å². The van der Waals surface area contributed by atoms with Gasteiger partial charge in [-0.05, 0) is 50.8 Å². The van der Waals surface area contributed by atoms with Crippen LogP contribution in [0.5, 0.6) is 0 Å². The van der Waals surface area contributed by atoms with Crippen molar-refractivity contribution in [1.82, 2.24) is 10.6 Å². The normalized spacial score (nSPS) is 20.6. The third-order valence-electron chi connectivity index (χ3n) is 6.95. The average Bonchev–Trinajstić information content (AvgIpc) is 3.53. The minimum absolute atomic E-state index is 0.0215.